The zero-order chi connectivity index (χ0) is 13.9. The quantitative estimate of drug-likeness (QED) is 0.815. The van der Waals surface area contributed by atoms with Crippen LogP contribution in [0.3, 0.4) is 0 Å². The van der Waals surface area contributed by atoms with Crippen molar-refractivity contribution in [3.05, 3.63) is 0 Å². The second kappa shape index (κ2) is 3.98. The predicted molar refractivity (Wildman–Crippen MR) is 79.1 cm³/mol. The van der Waals surface area contributed by atoms with Crippen molar-refractivity contribution in [1.82, 2.24) is 5.32 Å². The number of nitrogens with one attached hydrogen (secondary N) is 1. The van der Waals surface area contributed by atoms with Gasteiger partial charge in [-0.15, -0.1) is 0 Å². The summed E-state index contributed by atoms with van der Waals surface area (Å²) in [6.07, 6.45) is 9.30. The first kappa shape index (κ1) is 13.9. The average Bonchev–Trinajstić information content (AvgIpc) is 2.07. The molecule has 2 nitrogen and oxygen atoms in total. The van der Waals surface area contributed by atoms with Gasteiger partial charge in [0.2, 0.25) is 0 Å². The van der Waals surface area contributed by atoms with Crippen LogP contribution in [0.15, 0.2) is 0 Å². The van der Waals surface area contributed by atoms with Gasteiger partial charge < -0.3 is 10.4 Å². The van der Waals surface area contributed by atoms with Crippen LogP contribution in [-0.4, -0.2) is 22.8 Å². The van der Waals surface area contributed by atoms with Crippen LogP contribution in [0, 0.1) is 16.7 Å². The van der Waals surface area contributed by atoms with Gasteiger partial charge in [0.1, 0.15) is 0 Å². The molecule has 4 fully saturated rings. The van der Waals surface area contributed by atoms with Gasteiger partial charge in [0.05, 0.1) is 5.60 Å². The Morgan fingerprint density at radius 3 is 2.11 bits per heavy atom. The summed E-state index contributed by atoms with van der Waals surface area (Å²) >= 11 is 0. The van der Waals surface area contributed by atoms with Gasteiger partial charge in [-0.1, -0.05) is 13.8 Å². The molecule has 2 atom stereocenters. The lowest BCUT2D eigenvalue weighted by Crippen LogP contribution is -2.64. The van der Waals surface area contributed by atoms with E-state index in [0.717, 1.165) is 18.9 Å². The van der Waals surface area contributed by atoms with Crippen molar-refractivity contribution in [2.24, 2.45) is 16.7 Å². The van der Waals surface area contributed by atoms with Gasteiger partial charge in [-0.05, 0) is 82.1 Å². The van der Waals surface area contributed by atoms with E-state index in [1.165, 1.54) is 38.5 Å². The number of rotatable bonds is 4. The highest BCUT2D eigenvalue weighted by Gasteiger charge is 2.59. The maximum Gasteiger partial charge on any atom is 0.0603 e. The molecule has 4 bridgehead atoms. The van der Waals surface area contributed by atoms with Crippen LogP contribution in [0.25, 0.3) is 0 Å². The Morgan fingerprint density at radius 1 is 1.05 bits per heavy atom. The van der Waals surface area contributed by atoms with E-state index in [2.05, 4.69) is 19.2 Å². The third-order valence-electron chi connectivity index (χ3n) is 5.86. The Morgan fingerprint density at radius 2 is 1.63 bits per heavy atom. The van der Waals surface area contributed by atoms with Crippen LogP contribution in [0.2, 0.25) is 0 Å². The second-order valence-electron chi connectivity index (χ2n) is 9.40. The van der Waals surface area contributed by atoms with E-state index in [1.54, 1.807) is 0 Å². The van der Waals surface area contributed by atoms with Crippen LogP contribution in [0.1, 0.15) is 72.6 Å². The smallest absolute Gasteiger partial charge is 0.0603 e. The minimum absolute atomic E-state index is 0.383. The summed E-state index contributed by atoms with van der Waals surface area (Å²) in [6, 6.07) is 0. The van der Waals surface area contributed by atoms with E-state index in [1.807, 2.05) is 13.8 Å². The zero-order valence-corrected chi connectivity index (χ0v) is 13.2. The Kier molecular flexibility index (Phi) is 2.91. The van der Waals surface area contributed by atoms with Gasteiger partial charge in [-0.2, -0.15) is 0 Å². The van der Waals surface area contributed by atoms with E-state index in [-0.39, 0.29) is 0 Å². The van der Waals surface area contributed by atoms with Gasteiger partial charge >= 0.3 is 0 Å². The van der Waals surface area contributed by atoms with E-state index in [0.29, 0.717) is 16.4 Å². The molecule has 0 aliphatic heterocycles. The summed E-state index contributed by atoms with van der Waals surface area (Å²) in [5, 5.41) is 13.8. The molecule has 0 aromatic carbocycles. The predicted octanol–water partition coefficient (Wildman–Crippen LogP) is 3.49. The molecule has 0 spiro atoms. The Bertz CT molecular complexity index is 352. The maximum absolute atomic E-state index is 9.89. The van der Waals surface area contributed by atoms with Crippen molar-refractivity contribution < 1.29 is 5.11 Å². The van der Waals surface area contributed by atoms with E-state index >= 15 is 0 Å². The van der Waals surface area contributed by atoms with Crippen molar-refractivity contribution >= 4 is 0 Å². The molecule has 2 unspecified atom stereocenters. The van der Waals surface area contributed by atoms with Gasteiger partial charge in [-0.3, -0.25) is 0 Å². The van der Waals surface area contributed by atoms with Crippen molar-refractivity contribution in [2.75, 3.05) is 6.54 Å². The zero-order valence-electron chi connectivity index (χ0n) is 13.2. The number of hydrogen-bond donors (Lipinski definition) is 2. The highest BCUT2D eigenvalue weighted by atomic mass is 16.3. The molecule has 0 aromatic rings. The summed E-state index contributed by atoms with van der Waals surface area (Å²) in [4.78, 5) is 0. The summed E-state index contributed by atoms with van der Waals surface area (Å²) in [5.41, 5.74) is 1.00. The van der Waals surface area contributed by atoms with Gasteiger partial charge in [-0.25, -0.2) is 0 Å². The van der Waals surface area contributed by atoms with Crippen LogP contribution < -0.4 is 5.32 Å². The first-order chi connectivity index (χ1) is 8.61. The maximum atomic E-state index is 9.89. The fourth-order valence-corrected chi connectivity index (χ4v) is 6.28. The second-order valence-corrected chi connectivity index (χ2v) is 9.40. The fourth-order valence-electron chi connectivity index (χ4n) is 6.28. The summed E-state index contributed by atoms with van der Waals surface area (Å²) in [5.74, 6) is 0.945. The topological polar surface area (TPSA) is 32.3 Å². The molecule has 0 amide bonds. The van der Waals surface area contributed by atoms with E-state index < -0.39 is 5.60 Å². The standard InChI is InChI=1S/C17H31NO/c1-14(2,19)5-6-18-17-9-13-7-15(3,11-17)10-16(4,8-13)12-17/h13,18-19H,5-12H2,1-4H3. The fraction of sp³-hybridized carbons (Fsp3) is 1.00. The summed E-state index contributed by atoms with van der Waals surface area (Å²) in [7, 11) is 0. The first-order valence-corrected chi connectivity index (χ1v) is 8.09. The summed E-state index contributed by atoms with van der Waals surface area (Å²) < 4.78 is 0. The number of aliphatic hydroxyl groups is 1. The Hall–Kier alpha value is -0.0800. The minimum Gasteiger partial charge on any atom is -0.390 e. The highest BCUT2D eigenvalue weighted by Crippen LogP contribution is 2.66. The van der Waals surface area contributed by atoms with E-state index in [9.17, 15) is 5.11 Å². The monoisotopic (exact) mass is 265 g/mol. The van der Waals surface area contributed by atoms with Gasteiger partial charge in [0.25, 0.3) is 0 Å². The molecule has 0 radical (unpaired) electrons. The third kappa shape index (κ3) is 2.71. The van der Waals surface area contributed by atoms with Crippen LogP contribution in [-0.2, 0) is 0 Å². The molecule has 19 heavy (non-hydrogen) atoms. The molecular formula is C17H31NO. The van der Waals surface area contributed by atoms with Crippen LogP contribution in [0.4, 0.5) is 0 Å². The van der Waals surface area contributed by atoms with E-state index in [4.69, 9.17) is 0 Å². The lowest BCUT2D eigenvalue weighted by atomic mass is 9.43. The average molecular weight is 265 g/mol. The lowest BCUT2D eigenvalue weighted by molar-refractivity contribution is -0.118. The molecule has 0 aromatic heterocycles. The van der Waals surface area contributed by atoms with Gasteiger partial charge in [0.15, 0.2) is 0 Å². The molecule has 110 valence electrons. The van der Waals surface area contributed by atoms with Crippen LogP contribution >= 0.6 is 0 Å². The van der Waals surface area contributed by atoms with Crippen molar-refractivity contribution in [2.45, 2.75) is 83.8 Å². The molecule has 4 aliphatic carbocycles. The summed E-state index contributed by atoms with van der Waals surface area (Å²) in [6.45, 7) is 9.82. The number of hydrogen-bond acceptors (Lipinski definition) is 2. The van der Waals surface area contributed by atoms with Crippen molar-refractivity contribution in [3.63, 3.8) is 0 Å². The van der Waals surface area contributed by atoms with Crippen LogP contribution in [0.5, 0.6) is 0 Å². The lowest BCUT2D eigenvalue weighted by Gasteiger charge is -2.65. The molecule has 4 rings (SSSR count). The van der Waals surface area contributed by atoms with Crippen molar-refractivity contribution in [3.8, 4) is 0 Å². The largest absolute Gasteiger partial charge is 0.390 e. The normalized spacial score (nSPS) is 48.8. The Labute approximate surface area is 118 Å². The highest BCUT2D eigenvalue weighted by molar-refractivity contribution is 5.14. The Balaban J connectivity index is 1.70. The molecule has 4 saturated carbocycles. The van der Waals surface area contributed by atoms with Gasteiger partial charge in [0, 0.05) is 5.54 Å². The van der Waals surface area contributed by atoms with Crippen molar-refractivity contribution in [1.29, 1.82) is 0 Å². The third-order valence-corrected chi connectivity index (χ3v) is 5.86. The molecule has 4 aliphatic rings. The molecular weight excluding hydrogens is 234 g/mol. The first-order valence-electron chi connectivity index (χ1n) is 8.09. The molecule has 2 N–H and O–H groups in total. The molecule has 0 heterocycles. The minimum atomic E-state index is -0.539. The molecule has 2 heteroatoms. The molecule has 0 saturated heterocycles. The SMILES string of the molecule is CC(C)(O)CCNC12CC3CC(C)(CC(C)(C3)C1)C2.